The molecule has 4 atom stereocenters. The van der Waals surface area contributed by atoms with Crippen molar-refractivity contribution in [3.8, 4) is 0 Å². The summed E-state index contributed by atoms with van der Waals surface area (Å²) in [6.07, 6.45) is 5.86. The number of nitrogens with two attached hydrogens (primary N) is 1. The van der Waals surface area contributed by atoms with Crippen LogP contribution in [0.2, 0.25) is 0 Å². The van der Waals surface area contributed by atoms with Gasteiger partial charge in [-0.1, -0.05) is 0 Å². The van der Waals surface area contributed by atoms with Crippen LogP contribution in [0.4, 0.5) is 0 Å². The molecule has 4 aliphatic carbocycles. The van der Waals surface area contributed by atoms with Crippen LogP contribution in [0.3, 0.4) is 0 Å². The Balaban J connectivity index is 2.00. The van der Waals surface area contributed by atoms with Gasteiger partial charge in [0.25, 0.3) is 0 Å². The van der Waals surface area contributed by atoms with E-state index in [1.165, 1.54) is 6.42 Å². The van der Waals surface area contributed by atoms with Crippen LogP contribution in [-0.4, -0.2) is 16.6 Å². The highest BCUT2D eigenvalue weighted by molar-refractivity contribution is 5.75. The van der Waals surface area contributed by atoms with Crippen LogP contribution in [0.1, 0.15) is 38.5 Å². The first kappa shape index (κ1) is 8.72. The van der Waals surface area contributed by atoms with Crippen molar-refractivity contribution in [2.45, 2.75) is 44.1 Å². The van der Waals surface area contributed by atoms with E-state index >= 15 is 0 Å². The first-order valence-electron chi connectivity index (χ1n) is 5.54. The topological polar surface area (TPSA) is 63.3 Å². The quantitative estimate of drug-likeness (QED) is 0.664. The lowest BCUT2D eigenvalue weighted by molar-refractivity contribution is -0.166. The van der Waals surface area contributed by atoms with Crippen molar-refractivity contribution in [1.29, 1.82) is 0 Å². The Hall–Kier alpha value is -0.570. The third-order valence-corrected chi connectivity index (χ3v) is 4.56. The Labute approximate surface area is 83.7 Å². The summed E-state index contributed by atoms with van der Waals surface area (Å²) in [6.45, 7) is 0. The van der Waals surface area contributed by atoms with Gasteiger partial charge < -0.3 is 10.8 Å². The molecular formula is C11H17NO2. The van der Waals surface area contributed by atoms with Gasteiger partial charge in [-0.15, -0.1) is 0 Å². The summed E-state index contributed by atoms with van der Waals surface area (Å²) < 4.78 is 0. The van der Waals surface area contributed by atoms with Crippen LogP contribution < -0.4 is 5.73 Å². The molecule has 4 fully saturated rings. The van der Waals surface area contributed by atoms with Crippen molar-refractivity contribution in [2.24, 2.45) is 23.0 Å². The van der Waals surface area contributed by atoms with Crippen molar-refractivity contribution in [3.05, 3.63) is 0 Å². The minimum atomic E-state index is -0.596. The third kappa shape index (κ3) is 0.991. The SMILES string of the molecule is NC12C[C@H]3C[C@@H](C1)CC(C(=O)O)(C3)C2. The summed E-state index contributed by atoms with van der Waals surface area (Å²) in [5.41, 5.74) is 5.70. The fourth-order valence-electron chi connectivity index (χ4n) is 4.58. The van der Waals surface area contributed by atoms with E-state index in [1.807, 2.05) is 0 Å². The summed E-state index contributed by atoms with van der Waals surface area (Å²) in [5, 5.41) is 9.34. The number of aliphatic carboxylic acids is 1. The normalized spacial score (nSPS) is 54.9. The minimum Gasteiger partial charge on any atom is -0.481 e. The second-order valence-corrected chi connectivity index (χ2v) is 5.91. The van der Waals surface area contributed by atoms with E-state index < -0.39 is 11.4 Å². The maximum atomic E-state index is 11.3. The summed E-state index contributed by atoms with van der Waals surface area (Å²) in [5.74, 6) is 0.594. The average molecular weight is 195 g/mol. The molecule has 4 rings (SSSR count). The van der Waals surface area contributed by atoms with E-state index in [0.29, 0.717) is 11.8 Å². The molecule has 2 unspecified atom stereocenters. The Morgan fingerprint density at radius 1 is 1.21 bits per heavy atom. The van der Waals surface area contributed by atoms with Crippen molar-refractivity contribution in [1.82, 2.24) is 0 Å². The maximum Gasteiger partial charge on any atom is 0.309 e. The third-order valence-electron chi connectivity index (χ3n) is 4.56. The van der Waals surface area contributed by atoms with Crippen LogP contribution in [0.5, 0.6) is 0 Å². The number of carbonyl (C=O) groups is 1. The largest absolute Gasteiger partial charge is 0.481 e. The fourth-order valence-corrected chi connectivity index (χ4v) is 4.58. The molecule has 14 heavy (non-hydrogen) atoms. The van der Waals surface area contributed by atoms with E-state index in [1.54, 1.807) is 0 Å². The highest BCUT2D eigenvalue weighted by Crippen LogP contribution is 2.60. The van der Waals surface area contributed by atoms with Crippen LogP contribution in [-0.2, 0) is 4.79 Å². The van der Waals surface area contributed by atoms with E-state index in [9.17, 15) is 9.90 Å². The molecule has 0 aromatic rings. The standard InChI is InChI=1S/C11H17NO2/c12-11-4-7-1-8(5-11)3-10(2-7,6-11)9(13)14/h7-8H,1-6,12H2,(H,13,14)/t7-,8+,10?,11?. The van der Waals surface area contributed by atoms with Crippen LogP contribution in [0.15, 0.2) is 0 Å². The zero-order chi connectivity index (χ0) is 9.97. The molecule has 3 nitrogen and oxygen atoms in total. The van der Waals surface area contributed by atoms with E-state index in [2.05, 4.69) is 0 Å². The zero-order valence-electron chi connectivity index (χ0n) is 8.33. The molecule has 4 bridgehead atoms. The second-order valence-electron chi connectivity index (χ2n) is 5.91. The Morgan fingerprint density at radius 2 is 1.79 bits per heavy atom. The van der Waals surface area contributed by atoms with Gasteiger partial charge in [-0.05, 0) is 50.4 Å². The van der Waals surface area contributed by atoms with Crippen LogP contribution in [0, 0.1) is 17.3 Å². The second kappa shape index (κ2) is 2.32. The van der Waals surface area contributed by atoms with E-state index in [0.717, 1.165) is 32.1 Å². The summed E-state index contributed by atoms with van der Waals surface area (Å²) >= 11 is 0. The molecule has 0 amide bonds. The first-order chi connectivity index (χ1) is 6.51. The highest BCUT2D eigenvalue weighted by atomic mass is 16.4. The van der Waals surface area contributed by atoms with Gasteiger partial charge >= 0.3 is 5.97 Å². The van der Waals surface area contributed by atoms with Gasteiger partial charge in [-0.3, -0.25) is 4.79 Å². The van der Waals surface area contributed by atoms with Gasteiger partial charge in [0.1, 0.15) is 0 Å². The van der Waals surface area contributed by atoms with Crippen molar-refractivity contribution >= 4 is 5.97 Å². The molecule has 0 radical (unpaired) electrons. The molecule has 78 valence electrons. The van der Waals surface area contributed by atoms with Gasteiger partial charge in [0.15, 0.2) is 0 Å². The number of carboxylic acid groups (broad SMARTS) is 1. The summed E-state index contributed by atoms with van der Waals surface area (Å²) in [6, 6.07) is 0. The van der Waals surface area contributed by atoms with Gasteiger partial charge in [-0.2, -0.15) is 0 Å². The van der Waals surface area contributed by atoms with Crippen molar-refractivity contribution in [2.75, 3.05) is 0 Å². The molecule has 0 spiro atoms. The lowest BCUT2D eigenvalue weighted by Gasteiger charge is -2.59. The molecule has 0 saturated heterocycles. The molecule has 3 heteroatoms. The highest BCUT2D eigenvalue weighted by Gasteiger charge is 2.59. The van der Waals surface area contributed by atoms with Crippen molar-refractivity contribution < 1.29 is 9.90 Å². The lowest BCUT2D eigenvalue weighted by atomic mass is 9.47. The fraction of sp³-hybridized carbons (Fsp3) is 0.909. The van der Waals surface area contributed by atoms with Gasteiger partial charge in [0, 0.05) is 5.54 Å². The summed E-state index contributed by atoms with van der Waals surface area (Å²) in [4.78, 5) is 11.3. The Morgan fingerprint density at radius 3 is 2.21 bits per heavy atom. The number of carboxylic acids is 1. The number of rotatable bonds is 1. The number of hydrogen-bond acceptors (Lipinski definition) is 2. The summed E-state index contributed by atoms with van der Waals surface area (Å²) in [7, 11) is 0. The molecule has 4 aliphatic rings. The van der Waals surface area contributed by atoms with E-state index in [-0.39, 0.29) is 5.54 Å². The molecule has 3 N–H and O–H groups in total. The Kier molecular flexibility index (Phi) is 1.45. The van der Waals surface area contributed by atoms with Crippen molar-refractivity contribution in [3.63, 3.8) is 0 Å². The van der Waals surface area contributed by atoms with Crippen LogP contribution >= 0.6 is 0 Å². The van der Waals surface area contributed by atoms with Gasteiger partial charge in [-0.25, -0.2) is 0 Å². The van der Waals surface area contributed by atoms with Gasteiger partial charge in [0.05, 0.1) is 5.41 Å². The number of hydrogen-bond donors (Lipinski definition) is 2. The molecule has 0 aromatic heterocycles. The predicted molar refractivity (Wildman–Crippen MR) is 51.7 cm³/mol. The smallest absolute Gasteiger partial charge is 0.309 e. The minimum absolute atomic E-state index is 0.136. The maximum absolute atomic E-state index is 11.3. The Bertz CT molecular complexity index is 286. The molecule has 0 aliphatic heterocycles. The van der Waals surface area contributed by atoms with Crippen LogP contribution in [0.25, 0.3) is 0 Å². The zero-order valence-corrected chi connectivity index (χ0v) is 8.33. The molecule has 0 aromatic carbocycles. The molecule has 0 heterocycles. The molecular weight excluding hydrogens is 178 g/mol. The lowest BCUT2D eigenvalue weighted by Crippen LogP contribution is -2.62. The monoisotopic (exact) mass is 195 g/mol. The van der Waals surface area contributed by atoms with E-state index in [4.69, 9.17) is 5.73 Å². The molecule has 4 saturated carbocycles. The average Bonchev–Trinajstić information content (AvgIpc) is 1.98. The first-order valence-corrected chi connectivity index (χ1v) is 5.54. The van der Waals surface area contributed by atoms with Gasteiger partial charge in [0.2, 0.25) is 0 Å². The predicted octanol–water partition coefficient (Wildman–Crippen LogP) is 1.37.